The average Bonchev–Trinajstić information content (AvgIpc) is 1.90. The van der Waals surface area contributed by atoms with Gasteiger partial charge < -0.3 is 15.0 Å². The van der Waals surface area contributed by atoms with Gasteiger partial charge in [-0.1, -0.05) is 26.7 Å². The first-order valence-corrected chi connectivity index (χ1v) is 3.99. The summed E-state index contributed by atoms with van der Waals surface area (Å²) in [6.45, 7) is 4.20. The quantitative estimate of drug-likeness (QED) is 0.484. The fourth-order valence-corrected chi connectivity index (χ4v) is 0.362. The van der Waals surface area contributed by atoms with E-state index < -0.39 is 5.97 Å². The van der Waals surface area contributed by atoms with Crippen molar-refractivity contribution in [2.75, 3.05) is 6.61 Å². The molecule has 0 spiro atoms. The Labute approximate surface area is 96.5 Å². The number of aliphatic hydroxyl groups is 1. The minimum absolute atomic E-state index is 0. The molecule has 0 atom stereocenters. The summed E-state index contributed by atoms with van der Waals surface area (Å²) < 4.78 is 0. The van der Waals surface area contributed by atoms with Crippen molar-refractivity contribution >= 4 is 5.97 Å². The molecule has 12 heavy (non-hydrogen) atoms. The zero-order chi connectivity index (χ0) is 9.11. The number of unbranched alkanes of at least 4 members (excludes halogenated alkanes) is 1. The van der Waals surface area contributed by atoms with Crippen molar-refractivity contribution in [3.63, 3.8) is 0 Å². The van der Waals surface area contributed by atoms with Gasteiger partial charge in [-0.05, 0) is 12.8 Å². The Bertz CT molecular complexity index is 84.4. The molecular formula is C8H17NaO3. The van der Waals surface area contributed by atoms with Gasteiger partial charge in [-0.3, -0.25) is 0 Å². The van der Waals surface area contributed by atoms with Gasteiger partial charge in [-0.25, -0.2) is 0 Å². The summed E-state index contributed by atoms with van der Waals surface area (Å²) in [5, 5.41) is 17.6. The van der Waals surface area contributed by atoms with Crippen molar-refractivity contribution in [1.29, 1.82) is 0 Å². The Hall–Kier alpha value is 0.430. The van der Waals surface area contributed by atoms with Crippen LogP contribution in [0.25, 0.3) is 0 Å². The molecule has 0 aromatic heterocycles. The third kappa shape index (κ3) is 31.5. The van der Waals surface area contributed by atoms with Gasteiger partial charge in [0.1, 0.15) is 0 Å². The maximum atomic E-state index is 9.49. The molecule has 0 aliphatic carbocycles. The molecule has 1 N–H and O–H groups in total. The Morgan fingerprint density at radius 2 is 1.83 bits per heavy atom. The summed E-state index contributed by atoms with van der Waals surface area (Å²) in [4.78, 5) is 9.49. The molecule has 0 fully saturated rings. The molecule has 0 aromatic rings. The molecular weight excluding hydrogens is 167 g/mol. The minimum atomic E-state index is -0.961. The zero-order valence-corrected chi connectivity index (χ0v) is 10.3. The number of carboxylic acids is 1. The van der Waals surface area contributed by atoms with Crippen LogP contribution in [0.4, 0.5) is 0 Å². The van der Waals surface area contributed by atoms with Crippen LogP contribution in [0, 0.1) is 0 Å². The van der Waals surface area contributed by atoms with Gasteiger partial charge in [0.2, 0.25) is 0 Å². The Morgan fingerprint density at radius 3 is 1.83 bits per heavy atom. The maximum absolute atomic E-state index is 9.49. The maximum Gasteiger partial charge on any atom is 1.00 e. The monoisotopic (exact) mass is 184 g/mol. The number of rotatable bonds is 4. The summed E-state index contributed by atoms with van der Waals surface area (Å²) in [6.07, 6.45) is 2.89. The topological polar surface area (TPSA) is 60.4 Å². The van der Waals surface area contributed by atoms with Gasteiger partial charge in [0.05, 0.1) is 0 Å². The Kier molecular flexibility index (Phi) is 26.6. The van der Waals surface area contributed by atoms with Crippen LogP contribution >= 0.6 is 0 Å². The van der Waals surface area contributed by atoms with Gasteiger partial charge in [0, 0.05) is 12.6 Å². The third-order valence-corrected chi connectivity index (χ3v) is 0.966. The van der Waals surface area contributed by atoms with Gasteiger partial charge in [0.25, 0.3) is 0 Å². The summed E-state index contributed by atoms with van der Waals surface area (Å²) in [6, 6.07) is 0. The van der Waals surface area contributed by atoms with E-state index in [1.165, 1.54) is 0 Å². The third-order valence-electron chi connectivity index (χ3n) is 0.966. The van der Waals surface area contributed by atoms with E-state index in [2.05, 4.69) is 6.92 Å². The number of carbonyl (C=O) groups excluding carboxylic acids is 1. The van der Waals surface area contributed by atoms with Gasteiger partial charge in [0.15, 0.2) is 0 Å². The van der Waals surface area contributed by atoms with E-state index in [-0.39, 0.29) is 36.0 Å². The minimum Gasteiger partial charge on any atom is -0.550 e. The summed E-state index contributed by atoms with van der Waals surface area (Å²) in [5.41, 5.74) is 0. The van der Waals surface area contributed by atoms with E-state index in [4.69, 9.17) is 5.11 Å². The summed E-state index contributed by atoms with van der Waals surface area (Å²) >= 11 is 0. The van der Waals surface area contributed by atoms with Crippen molar-refractivity contribution in [2.24, 2.45) is 0 Å². The van der Waals surface area contributed by atoms with E-state index >= 15 is 0 Å². The van der Waals surface area contributed by atoms with Crippen molar-refractivity contribution in [3.8, 4) is 0 Å². The van der Waals surface area contributed by atoms with Crippen LogP contribution in [0.15, 0.2) is 0 Å². The molecule has 0 unspecified atom stereocenters. The number of hydrogen-bond acceptors (Lipinski definition) is 3. The van der Waals surface area contributed by atoms with Crippen LogP contribution in [-0.2, 0) is 4.79 Å². The first kappa shape index (κ1) is 18.3. The van der Waals surface area contributed by atoms with E-state index in [0.717, 1.165) is 12.8 Å². The largest absolute Gasteiger partial charge is 1.00 e. The molecule has 0 radical (unpaired) electrons. The van der Waals surface area contributed by atoms with Crippen molar-refractivity contribution in [1.82, 2.24) is 0 Å². The number of hydrogen-bond donors (Lipinski definition) is 1. The van der Waals surface area contributed by atoms with Crippen LogP contribution in [0.5, 0.6) is 0 Å². The molecule has 0 rings (SSSR count). The second kappa shape index (κ2) is 17.5. The van der Waals surface area contributed by atoms with Gasteiger partial charge in [-0.2, -0.15) is 0 Å². The molecule has 3 nitrogen and oxygen atoms in total. The SMILES string of the molecule is CCCC(=O)[O-].CCCCO.[Na+]. The van der Waals surface area contributed by atoms with Gasteiger partial charge >= 0.3 is 29.6 Å². The predicted molar refractivity (Wildman–Crippen MR) is 41.9 cm³/mol. The number of aliphatic hydroxyl groups excluding tert-OH is 1. The molecule has 0 saturated carbocycles. The van der Waals surface area contributed by atoms with Crippen molar-refractivity contribution in [3.05, 3.63) is 0 Å². The normalized spacial score (nSPS) is 7.58. The number of carboxylic acid groups (broad SMARTS) is 1. The average molecular weight is 184 g/mol. The van der Waals surface area contributed by atoms with Crippen LogP contribution in [0.3, 0.4) is 0 Å². The molecule has 0 amide bonds. The van der Waals surface area contributed by atoms with E-state index in [1.807, 2.05) is 0 Å². The molecule has 0 heterocycles. The molecule has 0 aliphatic rings. The van der Waals surface area contributed by atoms with E-state index in [1.54, 1.807) is 6.92 Å². The molecule has 0 saturated heterocycles. The van der Waals surface area contributed by atoms with Crippen LogP contribution < -0.4 is 34.7 Å². The van der Waals surface area contributed by atoms with E-state index in [0.29, 0.717) is 13.0 Å². The second-order valence-corrected chi connectivity index (χ2v) is 2.20. The van der Waals surface area contributed by atoms with Crippen molar-refractivity contribution in [2.45, 2.75) is 39.5 Å². The molecule has 0 bridgehead atoms. The zero-order valence-electron chi connectivity index (χ0n) is 8.30. The predicted octanol–water partition coefficient (Wildman–Crippen LogP) is -2.68. The van der Waals surface area contributed by atoms with Crippen LogP contribution in [0.1, 0.15) is 39.5 Å². The summed E-state index contributed by atoms with van der Waals surface area (Å²) in [5.74, 6) is -0.961. The fraction of sp³-hybridized carbons (Fsp3) is 0.875. The molecule has 0 aliphatic heterocycles. The van der Waals surface area contributed by atoms with Crippen LogP contribution in [-0.4, -0.2) is 17.7 Å². The first-order valence-electron chi connectivity index (χ1n) is 3.99. The standard InChI is InChI=1S/C4H8O2.C4H10O.Na/c1-2-3-4(5)6;1-2-3-4-5;/h2-3H2,1H3,(H,5,6);5H,2-4H2,1H3;/q;;+1/p-1. The van der Waals surface area contributed by atoms with Gasteiger partial charge in [-0.15, -0.1) is 0 Å². The fourth-order valence-electron chi connectivity index (χ4n) is 0.362. The van der Waals surface area contributed by atoms with E-state index in [9.17, 15) is 9.90 Å². The Morgan fingerprint density at radius 1 is 1.33 bits per heavy atom. The molecule has 4 heteroatoms. The molecule has 0 aromatic carbocycles. The smallest absolute Gasteiger partial charge is 0.550 e. The number of carbonyl (C=O) groups is 1. The first-order chi connectivity index (χ1) is 5.18. The van der Waals surface area contributed by atoms with Crippen LogP contribution in [0.2, 0.25) is 0 Å². The molecule has 68 valence electrons. The Balaban J connectivity index is -0.000000126. The summed E-state index contributed by atoms with van der Waals surface area (Å²) in [7, 11) is 0. The second-order valence-electron chi connectivity index (χ2n) is 2.20. The number of aliphatic carboxylic acids is 1. The van der Waals surface area contributed by atoms with Crippen molar-refractivity contribution < 1.29 is 44.6 Å².